The van der Waals surface area contributed by atoms with Crippen LogP contribution in [0.1, 0.15) is 6.92 Å². The van der Waals surface area contributed by atoms with Crippen LogP contribution in [0.2, 0.25) is 0 Å². The number of hydrogen-bond donors (Lipinski definition) is 2. The number of aliphatic hydroxyl groups excluding tert-OH is 1. The van der Waals surface area contributed by atoms with Gasteiger partial charge in [-0.05, 0) is 12.1 Å². The van der Waals surface area contributed by atoms with E-state index in [0.29, 0.717) is 5.75 Å². The molecule has 2 aliphatic heterocycles. The lowest BCUT2D eigenvalue weighted by molar-refractivity contribution is -0.384. The number of amides is 1. The fourth-order valence-corrected chi connectivity index (χ4v) is 2.73. The predicted octanol–water partition coefficient (Wildman–Crippen LogP) is -0.0371. The van der Waals surface area contributed by atoms with Gasteiger partial charge >= 0.3 is 0 Å². The van der Waals surface area contributed by atoms with Crippen molar-refractivity contribution in [3.63, 3.8) is 0 Å². The summed E-state index contributed by atoms with van der Waals surface area (Å²) in [7, 11) is 0. The van der Waals surface area contributed by atoms with Crippen LogP contribution in [0.25, 0.3) is 0 Å². The number of nitrogens with one attached hydrogen (secondary N) is 1. The Morgan fingerprint density at radius 1 is 1.43 bits per heavy atom. The molecule has 23 heavy (non-hydrogen) atoms. The van der Waals surface area contributed by atoms with Crippen molar-refractivity contribution in [1.82, 2.24) is 5.32 Å². The van der Waals surface area contributed by atoms with Gasteiger partial charge in [-0.15, -0.1) is 0 Å². The van der Waals surface area contributed by atoms with Gasteiger partial charge < -0.3 is 24.6 Å². The zero-order valence-electron chi connectivity index (χ0n) is 12.2. The maximum atomic E-state index is 11.4. The molecule has 2 heterocycles. The molecule has 0 radical (unpaired) electrons. The molecular weight excluding hydrogens is 308 g/mol. The molecule has 2 N–H and O–H groups in total. The lowest BCUT2D eigenvalue weighted by Gasteiger charge is -2.38. The quantitative estimate of drug-likeness (QED) is 0.589. The molecule has 2 aliphatic rings. The number of carbonyl (C=O) groups excluding carboxylic acids is 1. The Morgan fingerprint density at radius 2 is 2.13 bits per heavy atom. The molecule has 2 bridgehead atoms. The molecule has 2 fully saturated rings. The standard InChI is InChI=1S/C14H16N2O7/c1-7(17)15-11-13-12(18)10(6-21-13)23-14(11)22-9-4-2-8(3-5-9)16(19)20/h2-5,10-14,18H,6H2,1H3,(H,15,17)/t10-,11-,12-,13-,14-/m1/s1. The van der Waals surface area contributed by atoms with Crippen molar-refractivity contribution in [3.8, 4) is 5.75 Å². The summed E-state index contributed by atoms with van der Waals surface area (Å²) in [5, 5.41) is 23.4. The Labute approximate surface area is 131 Å². The highest BCUT2D eigenvalue weighted by Gasteiger charge is 2.52. The summed E-state index contributed by atoms with van der Waals surface area (Å²) in [6, 6.07) is 4.83. The summed E-state index contributed by atoms with van der Waals surface area (Å²) in [6.07, 6.45) is -2.86. The van der Waals surface area contributed by atoms with Gasteiger partial charge in [0, 0.05) is 19.1 Å². The van der Waals surface area contributed by atoms with E-state index in [1.165, 1.54) is 31.2 Å². The highest BCUT2D eigenvalue weighted by atomic mass is 16.7. The molecular formula is C14H16N2O7. The number of nitro groups is 1. The smallest absolute Gasteiger partial charge is 0.269 e. The van der Waals surface area contributed by atoms with Crippen molar-refractivity contribution >= 4 is 11.6 Å². The molecule has 9 nitrogen and oxygen atoms in total. The van der Waals surface area contributed by atoms with Gasteiger partial charge in [-0.2, -0.15) is 0 Å². The number of benzene rings is 1. The number of hydrogen-bond acceptors (Lipinski definition) is 7. The molecule has 1 amide bonds. The van der Waals surface area contributed by atoms with Crippen LogP contribution in [-0.4, -0.2) is 53.2 Å². The first-order valence-corrected chi connectivity index (χ1v) is 7.09. The number of nitrogens with zero attached hydrogens (tertiary/aromatic N) is 1. The maximum absolute atomic E-state index is 11.4. The predicted molar refractivity (Wildman–Crippen MR) is 75.7 cm³/mol. The van der Waals surface area contributed by atoms with E-state index in [0.717, 1.165) is 0 Å². The lowest BCUT2D eigenvalue weighted by atomic mass is 10.00. The minimum absolute atomic E-state index is 0.0563. The zero-order chi connectivity index (χ0) is 16.6. The SMILES string of the molecule is CC(=O)N[C@H]1[C@H](Oc2ccc([N+](=O)[O-])cc2)O[C@@H]2CO[C@H]1[C@@H]2O. The third-order valence-electron chi connectivity index (χ3n) is 3.80. The van der Waals surface area contributed by atoms with E-state index in [9.17, 15) is 20.0 Å². The molecule has 1 aromatic carbocycles. The molecule has 0 saturated carbocycles. The van der Waals surface area contributed by atoms with E-state index in [1.54, 1.807) is 0 Å². The topological polar surface area (TPSA) is 120 Å². The molecule has 0 spiro atoms. The molecule has 5 atom stereocenters. The Hall–Kier alpha value is -2.23. The second-order valence-electron chi connectivity index (χ2n) is 5.43. The summed E-state index contributed by atoms with van der Waals surface area (Å²) < 4.78 is 16.8. The molecule has 0 aliphatic carbocycles. The molecule has 1 aromatic rings. The first-order chi connectivity index (χ1) is 11.0. The number of rotatable bonds is 4. The first-order valence-electron chi connectivity index (χ1n) is 7.09. The Kier molecular flexibility index (Phi) is 4.16. The molecule has 3 rings (SSSR count). The maximum Gasteiger partial charge on any atom is 0.269 e. The number of nitro benzene ring substituents is 1. The summed E-state index contributed by atoms with van der Waals surface area (Å²) in [5.74, 6) is 0.0452. The highest BCUT2D eigenvalue weighted by Crippen LogP contribution is 2.31. The molecule has 9 heteroatoms. The summed E-state index contributed by atoms with van der Waals surface area (Å²) in [6.45, 7) is 1.55. The van der Waals surface area contributed by atoms with Gasteiger partial charge in [0.25, 0.3) is 5.69 Å². The van der Waals surface area contributed by atoms with Crippen molar-refractivity contribution < 1.29 is 29.0 Å². The van der Waals surface area contributed by atoms with Crippen molar-refractivity contribution in [3.05, 3.63) is 34.4 Å². The fourth-order valence-electron chi connectivity index (χ4n) is 2.73. The van der Waals surface area contributed by atoms with Crippen molar-refractivity contribution in [2.75, 3.05) is 6.61 Å². The van der Waals surface area contributed by atoms with Crippen LogP contribution in [0.5, 0.6) is 5.75 Å². The van der Waals surface area contributed by atoms with E-state index < -0.39 is 35.6 Å². The van der Waals surface area contributed by atoms with Crippen LogP contribution in [0, 0.1) is 10.1 Å². The largest absolute Gasteiger partial charge is 0.463 e. The van der Waals surface area contributed by atoms with Crippen LogP contribution in [0.15, 0.2) is 24.3 Å². The lowest BCUT2D eigenvalue weighted by Crippen LogP contribution is -2.61. The number of non-ortho nitro benzene ring substituents is 1. The van der Waals surface area contributed by atoms with E-state index in [-0.39, 0.29) is 18.2 Å². The number of aliphatic hydroxyl groups is 1. The molecule has 0 aromatic heterocycles. The third-order valence-corrected chi connectivity index (χ3v) is 3.80. The van der Waals surface area contributed by atoms with Gasteiger partial charge in [0.2, 0.25) is 12.2 Å². The number of ether oxygens (including phenoxy) is 3. The Bertz CT molecular complexity index is 606. The Morgan fingerprint density at radius 3 is 2.74 bits per heavy atom. The van der Waals surface area contributed by atoms with Gasteiger partial charge in [-0.3, -0.25) is 14.9 Å². The van der Waals surface area contributed by atoms with Gasteiger partial charge in [-0.1, -0.05) is 0 Å². The van der Waals surface area contributed by atoms with Crippen molar-refractivity contribution in [2.45, 2.75) is 37.6 Å². The van der Waals surface area contributed by atoms with E-state index >= 15 is 0 Å². The van der Waals surface area contributed by atoms with Crippen molar-refractivity contribution in [2.24, 2.45) is 0 Å². The van der Waals surface area contributed by atoms with Crippen LogP contribution < -0.4 is 10.1 Å². The summed E-state index contributed by atoms with van der Waals surface area (Å²) in [5.41, 5.74) is -0.0563. The van der Waals surface area contributed by atoms with Crippen LogP contribution >= 0.6 is 0 Å². The normalized spacial score (nSPS) is 32.3. The molecule has 124 valence electrons. The monoisotopic (exact) mass is 324 g/mol. The summed E-state index contributed by atoms with van der Waals surface area (Å²) in [4.78, 5) is 21.5. The number of fused-ring (bicyclic) bond motifs is 2. The molecule has 2 saturated heterocycles. The zero-order valence-corrected chi connectivity index (χ0v) is 12.2. The first kappa shape index (κ1) is 15.7. The van der Waals surface area contributed by atoms with Gasteiger partial charge in [0.05, 0.1) is 11.5 Å². The second-order valence-corrected chi connectivity index (χ2v) is 5.43. The van der Waals surface area contributed by atoms with Crippen LogP contribution in [0.4, 0.5) is 5.69 Å². The van der Waals surface area contributed by atoms with Gasteiger partial charge in [-0.25, -0.2) is 0 Å². The van der Waals surface area contributed by atoms with Gasteiger partial charge in [0.1, 0.15) is 30.1 Å². The molecule has 0 unspecified atom stereocenters. The minimum Gasteiger partial charge on any atom is -0.463 e. The van der Waals surface area contributed by atoms with Crippen molar-refractivity contribution in [1.29, 1.82) is 0 Å². The average molecular weight is 324 g/mol. The number of carbonyl (C=O) groups is 1. The van der Waals surface area contributed by atoms with Crippen LogP contribution in [0.3, 0.4) is 0 Å². The van der Waals surface area contributed by atoms with E-state index in [2.05, 4.69) is 5.32 Å². The average Bonchev–Trinajstić information content (AvgIpc) is 2.75. The highest BCUT2D eigenvalue weighted by molar-refractivity contribution is 5.73. The Balaban J connectivity index is 1.76. The third kappa shape index (κ3) is 3.11. The summed E-state index contributed by atoms with van der Waals surface area (Å²) >= 11 is 0. The second kappa shape index (κ2) is 6.11. The van der Waals surface area contributed by atoms with E-state index in [4.69, 9.17) is 14.2 Å². The van der Waals surface area contributed by atoms with E-state index in [1.807, 2.05) is 0 Å². The minimum atomic E-state index is -0.860. The van der Waals surface area contributed by atoms with Crippen LogP contribution in [-0.2, 0) is 14.3 Å². The fraction of sp³-hybridized carbons (Fsp3) is 0.500. The van der Waals surface area contributed by atoms with Gasteiger partial charge in [0.15, 0.2) is 0 Å².